The predicted molar refractivity (Wildman–Crippen MR) is 90.4 cm³/mol. The molecule has 1 N–H and O–H groups in total. The molecule has 3 rings (SSSR count). The van der Waals surface area contributed by atoms with Crippen molar-refractivity contribution in [3.63, 3.8) is 0 Å². The standard InChI is InChI=1S/C18H21FN4O2/c1-22(15-7-4-8-16-14(15)10-21-23(16)2)17(24)11-20-18(25)12-5-3-6-13(19)9-12/h3,5-6,9-10,15H,4,7-8,11H2,1-2H3,(H,20,25)/t15-/m1/s1. The molecule has 25 heavy (non-hydrogen) atoms. The monoisotopic (exact) mass is 344 g/mol. The molecular formula is C18H21FN4O2. The molecule has 1 aromatic heterocycles. The average Bonchev–Trinajstić information content (AvgIpc) is 3.00. The Morgan fingerprint density at radius 3 is 3.00 bits per heavy atom. The van der Waals surface area contributed by atoms with Crippen LogP contribution in [0.3, 0.4) is 0 Å². The number of aryl methyl sites for hydroxylation is 1. The Balaban J connectivity index is 1.63. The second-order valence-corrected chi connectivity index (χ2v) is 6.28. The van der Waals surface area contributed by atoms with E-state index in [1.54, 1.807) is 11.9 Å². The van der Waals surface area contributed by atoms with Crippen molar-refractivity contribution in [2.45, 2.75) is 25.3 Å². The Labute approximate surface area is 145 Å². The SMILES string of the molecule is CN(C(=O)CNC(=O)c1cccc(F)c1)[C@@H]1CCCc2c1cnn2C. The van der Waals surface area contributed by atoms with Crippen LogP contribution in [0.15, 0.2) is 30.5 Å². The molecule has 2 aromatic rings. The van der Waals surface area contributed by atoms with Crippen LogP contribution in [-0.2, 0) is 18.3 Å². The molecule has 7 heteroatoms. The van der Waals surface area contributed by atoms with E-state index >= 15 is 0 Å². The minimum Gasteiger partial charge on any atom is -0.343 e. The highest BCUT2D eigenvalue weighted by atomic mass is 19.1. The van der Waals surface area contributed by atoms with Crippen molar-refractivity contribution >= 4 is 11.8 Å². The molecule has 1 heterocycles. The Morgan fingerprint density at radius 1 is 1.44 bits per heavy atom. The second-order valence-electron chi connectivity index (χ2n) is 6.28. The van der Waals surface area contributed by atoms with Gasteiger partial charge >= 0.3 is 0 Å². The minimum atomic E-state index is -0.484. The zero-order chi connectivity index (χ0) is 18.0. The molecule has 1 aliphatic rings. The third-order valence-corrected chi connectivity index (χ3v) is 4.69. The molecule has 0 saturated carbocycles. The van der Waals surface area contributed by atoms with Crippen molar-refractivity contribution in [2.75, 3.05) is 13.6 Å². The maximum atomic E-state index is 13.2. The summed E-state index contributed by atoms with van der Waals surface area (Å²) in [6, 6.07) is 5.35. The van der Waals surface area contributed by atoms with E-state index in [2.05, 4.69) is 10.4 Å². The number of hydrogen-bond donors (Lipinski definition) is 1. The molecule has 0 unspecified atom stereocenters. The zero-order valence-corrected chi connectivity index (χ0v) is 14.3. The van der Waals surface area contributed by atoms with Crippen molar-refractivity contribution in [1.29, 1.82) is 0 Å². The lowest BCUT2D eigenvalue weighted by molar-refractivity contribution is -0.131. The van der Waals surface area contributed by atoms with Gasteiger partial charge in [-0.05, 0) is 37.5 Å². The highest BCUT2D eigenvalue weighted by Gasteiger charge is 2.29. The number of carbonyl (C=O) groups excluding carboxylic acids is 2. The molecule has 1 aromatic carbocycles. The summed E-state index contributed by atoms with van der Waals surface area (Å²) < 4.78 is 15.0. The van der Waals surface area contributed by atoms with Gasteiger partial charge in [0.25, 0.3) is 5.91 Å². The third kappa shape index (κ3) is 3.55. The number of likely N-dealkylation sites (N-methyl/N-ethyl adjacent to an activating group) is 1. The maximum absolute atomic E-state index is 13.2. The van der Waals surface area contributed by atoms with Crippen LogP contribution in [0.25, 0.3) is 0 Å². The molecular weight excluding hydrogens is 323 g/mol. The summed E-state index contributed by atoms with van der Waals surface area (Å²) in [7, 11) is 3.64. The fourth-order valence-corrected chi connectivity index (χ4v) is 3.27. The van der Waals surface area contributed by atoms with E-state index in [1.807, 2.05) is 17.9 Å². The van der Waals surface area contributed by atoms with Crippen LogP contribution in [0.2, 0.25) is 0 Å². The molecule has 0 radical (unpaired) electrons. The molecule has 0 fully saturated rings. The number of benzene rings is 1. The van der Waals surface area contributed by atoms with E-state index in [1.165, 1.54) is 18.2 Å². The van der Waals surface area contributed by atoms with Crippen molar-refractivity contribution in [1.82, 2.24) is 20.0 Å². The number of rotatable bonds is 4. The Hall–Kier alpha value is -2.70. The summed E-state index contributed by atoms with van der Waals surface area (Å²) in [5.41, 5.74) is 2.42. The maximum Gasteiger partial charge on any atom is 0.251 e. The Bertz CT molecular complexity index is 802. The van der Waals surface area contributed by atoms with Crippen LogP contribution in [-0.4, -0.2) is 40.1 Å². The summed E-state index contributed by atoms with van der Waals surface area (Å²) in [4.78, 5) is 26.2. The summed E-state index contributed by atoms with van der Waals surface area (Å²) >= 11 is 0. The van der Waals surface area contributed by atoms with Crippen molar-refractivity contribution < 1.29 is 14.0 Å². The van der Waals surface area contributed by atoms with E-state index in [0.717, 1.165) is 36.6 Å². The lowest BCUT2D eigenvalue weighted by Crippen LogP contribution is -2.40. The van der Waals surface area contributed by atoms with Gasteiger partial charge in [0.2, 0.25) is 5.91 Å². The van der Waals surface area contributed by atoms with Crippen molar-refractivity contribution in [3.8, 4) is 0 Å². The van der Waals surface area contributed by atoms with Gasteiger partial charge in [0, 0.05) is 30.9 Å². The summed E-state index contributed by atoms with van der Waals surface area (Å²) in [5.74, 6) is -1.14. The number of aromatic nitrogens is 2. The predicted octanol–water partition coefficient (Wildman–Crippen LogP) is 1.82. The summed E-state index contributed by atoms with van der Waals surface area (Å²) in [5, 5.41) is 6.84. The van der Waals surface area contributed by atoms with E-state index in [9.17, 15) is 14.0 Å². The van der Waals surface area contributed by atoms with Gasteiger partial charge in [0.05, 0.1) is 18.8 Å². The van der Waals surface area contributed by atoms with Gasteiger partial charge in [0.1, 0.15) is 5.82 Å². The molecule has 0 saturated heterocycles. The first-order valence-corrected chi connectivity index (χ1v) is 8.27. The van der Waals surface area contributed by atoms with Crippen molar-refractivity contribution in [3.05, 3.63) is 53.1 Å². The normalized spacial score (nSPS) is 16.2. The highest BCUT2D eigenvalue weighted by molar-refractivity contribution is 5.96. The van der Waals surface area contributed by atoms with E-state index in [0.29, 0.717) is 0 Å². The minimum absolute atomic E-state index is 0.0315. The molecule has 2 amide bonds. The summed E-state index contributed by atoms with van der Waals surface area (Å²) in [6.07, 6.45) is 4.64. The van der Waals surface area contributed by atoms with Crippen molar-refractivity contribution in [2.24, 2.45) is 7.05 Å². The number of halogens is 1. The lowest BCUT2D eigenvalue weighted by Gasteiger charge is -2.31. The number of hydrogen-bond acceptors (Lipinski definition) is 3. The van der Waals surface area contributed by atoms with Crippen LogP contribution in [0.5, 0.6) is 0 Å². The topological polar surface area (TPSA) is 67.2 Å². The lowest BCUT2D eigenvalue weighted by atomic mass is 9.92. The smallest absolute Gasteiger partial charge is 0.251 e. The number of fused-ring (bicyclic) bond motifs is 1. The Kier molecular flexibility index (Phi) is 4.83. The van der Waals surface area contributed by atoms with Gasteiger partial charge < -0.3 is 10.2 Å². The molecule has 1 aliphatic carbocycles. The zero-order valence-electron chi connectivity index (χ0n) is 14.3. The van der Waals surface area contributed by atoms with Gasteiger partial charge in [-0.25, -0.2) is 4.39 Å². The first-order chi connectivity index (χ1) is 12.0. The van der Waals surface area contributed by atoms with Gasteiger partial charge in [-0.2, -0.15) is 5.10 Å². The van der Waals surface area contributed by atoms with Crippen LogP contribution < -0.4 is 5.32 Å². The molecule has 1 atom stereocenters. The average molecular weight is 344 g/mol. The third-order valence-electron chi connectivity index (χ3n) is 4.69. The van der Waals surface area contributed by atoms with Gasteiger partial charge in [-0.3, -0.25) is 14.3 Å². The van der Waals surface area contributed by atoms with Gasteiger partial charge in [0.15, 0.2) is 0 Å². The molecule has 0 spiro atoms. The van der Waals surface area contributed by atoms with E-state index in [-0.39, 0.29) is 24.1 Å². The Morgan fingerprint density at radius 2 is 2.24 bits per heavy atom. The van der Waals surface area contributed by atoms with Gasteiger partial charge in [-0.15, -0.1) is 0 Å². The van der Waals surface area contributed by atoms with Crippen LogP contribution in [0.4, 0.5) is 4.39 Å². The molecule has 132 valence electrons. The first kappa shape index (κ1) is 17.1. The second kappa shape index (κ2) is 7.04. The van der Waals surface area contributed by atoms with Crippen LogP contribution in [0, 0.1) is 5.82 Å². The fourth-order valence-electron chi connectivity index (χ4n) is 3.27. The molecule has 0 aliphatic heterocycles. The molecule has 6 nitrogen and oxygen atoms in total. The number of nitrogens with one attached hydrogen (secondary N) is 1. The van der Waals surface area contributed by atoms with Crippen LogP contribution >= 0.6 is 0 Å². The quantitative estimate of drug-likeness (QED) is 0.920. The largest absolute Gasteiger partial charge is 0.343 e. The number of amides is 2. The fraction of sp³-hybridized carbons (Fsp3) is 0.389. The van der Waals surface area contributed by atoms with E-state index in [4.69, 9.17) is 0 Å². The number of nitrogens with zero attached hydrogens (tertiary/aromatic N) is 3. The number of carbonyl (C=O) groups is 2. The van der Waals surface area contributed by atoms with E-state index < -0.39 is 11.7 Å². The van der Waals surface area contributed by atoms with Crippen LogP contribution in [0.1, 0.15) is 40.5 Å². The van der Waals surface area contributed by atoms with Gasteiger partial charge in [-0.1, -0.05) is 6.07 Å². The summed E-state index contributed by atoms with van der Waals surface area (Å²) in [6.45, 7) is -0.127. The molecule has 0 bridgehead atoms. The first-order valence-electron chi connectivity index (χ1n) is 8.27. The highest BCUT2D eigenvalue weighted by Crippen LogP contribution is 2.33.